The summed E-state index contributed by atoms with van der Waals surface area (Å²) in [5.74, 6) is 0. The summed E-state index contributed by atoms with van der Waals surface area (Å²) in [4.78, 5) is 0. The van der Waals surface area contributed by atoms with Crippen molar-refractivity contribution in [1.29, 1.82) is 0 Å². The Morgan fingerprint density at radius 3 is 1.80 bits per heavy atom. The molecular formula is C24H38O11. The second-order valence-corrected chi connectivity index (χ2v) is 7.96. The molecule has 200 valence electrons. The summed E-state index contributed by atoms with van der Waals surface area (Å²) in [5.41, 5.74) is 0. The van der Waals surface area contributed by atoms with Crippen molar-refractivity contribution in [3.63, 3.8) is 0 Å². The highest BCUT2D eigenvalue weighted by Crippen LogP contribution is 2.32. The van der Waals surface area contributed by atoms with Crippen LogP contribution in [0.25, 0.3) is 0 Å². The molecule has 0 bridgehead atoms. The van der Waals surface area contributed by atoms with E-state index in [-0.39, 0.29) is 33.0 Å². The molecule has 0 unspecified atom stereocenters. The largest absolute Gasteiger partial charge is 0.394 e. The first kappa shape index (κ1) is 29.7. The predicted molar refractivity (Wildman–Crippen MR) is 124 cm³/mol. The Morgan fingerprint density at radius 2 is 1.20 bits per heavy atom. The van der Waals surface area contributed by atoms with Crippen LogP contribution in [-0.2, 0) is 33.2 Å². The van der Waals surface area contributed by atoms with Gasteiger partial charge in [-0.15, -0.1) is 26.3 Å². The van der Waals surface area contributed by atoms with Crippen LogP contribution in [0.4, 0.5) is 0 Å². The number of hydrogen-bond donors (Lipinski definition) is 4. The molecule has 11 heteroatoms. The lowest BCUT2D eigenvalue weighted by molar-refractivity contribution is -0.364. The van der Waals surface area contributed by atoms with Crippen molar-refractivity contribution >= 4 is 0 Å². The highest BCUT2D eigenvalue weighted by Gasteiger charge is 2.52. The second kappa shape index (κ2) is 15.6. The van der Waals surface area contributed by atoms with Gasteiger partial charge in [0, 0.05) is 0 Å². The van der Waals surface area contributed by atoms with E-state index in [4.69, 9.17) is 33.2 Å². The number of ether oxygens (including phenoxy) is 7. The van der Waals surface area contributed by atoms with Crippen molar-refractivity contribution in [1.82, 2.24) is 0 Å². The molecule has 0 aliphatic carbocycles. The van der Waals surface area contributed by atoms with E-state index in [1.165, 1.54) is 18.2 Å². The molecule has 4 N–H and O–H groups in total. The maximum absolute atomic E-state index is 10.6. The van der Waals surface area contributed by atoms with Gasteiger partial charge in [0.2, 0.25) is 0 Å². The van der Waals surface area contributed by atoms with E-state index in [1.54, 1.807) is 6.08 Å². The molecule has 11 nitrogen and oxygen atoms in total. The Kier molecular flexibility index (Phi) is 13.3. The Morgan fingerprint density at radius 1 is 0.629 bits per heavy atom. The molecule has 0 aromatic carbocycles. The van der Waals surface area contributed by atoms with Gasteiger partial charge in [-0.1, -0.05) is 24.3 Å². The number of aliphatic hydroxyl groups is 4. The molecule has 2 saturated heterocycles. The fourth-order valence-corrected chi connectivity index (χ4v) is 3.80. The molecule has 0 radical (unpaired) electrons. The van der Waals surface area contributed by atoms with Crippen LogP contribution in [-0.4, -0.2) is 121 Å². The molecule has 0 amide bonds. The summed E-state index contributed by atoms with van der Waals surface area (Å²) >= 11 is 0. The Hall–Kier alpha value is -1.48. The highest BCUT2D eigenvalue weighted by molar-refractivity contribution is 4.96. The summed E-state index contributed by atoms with van der Waals surface area (Å²) in [5, 5.41) is 41.3. The number of rotatable bonds is 16. The smallest absolute Gasteiger partial charge is 0.187 e. The van der Waals surface area contributed by atoms with Gasteiger partial charge in [0.1, 0.15) is 48.8 Å². The third kappa shape index (κ3) is 8.00. The molecule has 0 saturated carbocycles. The van der Waals surface area contributed by atoms with Gasteiger partial charge in [0.05, 0.1) is 39.6 Å². The van der Waals surface area contributed by atoms with Gasteiger partial charge in [-0.2, -0.15) is 0 Å². The third-order valence-corrected chi connectivity index (χ3v) is 5.44. The van der Waals surface area contributed by atoms with Crippen molar-refractivity contribution in [3.05, 3.63) is 50.6 Å². The quantitative estimate of drug-likeness (QED) is 0.159. The van der Waals surface area contributed by atoms with E-state index in [0.29, 0.717) is 0 Å². The molecule has 0 spiro atoms. The molecule has 2 rings (SSSR count). The van der Waals surface area contributed by atoms with Gasteiger partial charge in [0.15, 0.2) is 12.6 Å². The number of aliphatic hydroxyl groups excluding tert-OH is 4. The topological polar surface area (TPSA) is 146 Å². The Labute approximate surface area is 205 Å². The van der Waals surface area contributed by atoms with E-state index >= 15 is 0 Å². The lowest BCUT2D eigenvalue weighted by Crippen LogP contribution is -2.65. The SMILES string of the molecule is C=CCOC[C@H]1O[C@@H](O[C@H]2[C@H](OCC=C)[C@@H](OCC=C)[C@@H](OCC=C)O[C@@H]2CO)[C@H](O)[C@@H](O)[C@H]1O. The van der Waals surface area contributed by atoms with Crippen LogP contribution >= 0.6 is 0 Å². The van der Waals surface area contributed by atoms with Crippen LogP contribution in [0.2, 0.25) is 0 Å². The van der Waals surface area contributed by atoms with Gasteiger partial charge in [-0.3, -0.25) is 0 Å². The zero-order valence-corrected chi connectivity index (χ0v) is 19.8. The Balaban J connectivity index is 2.29. The average Bonchev–Trinajstić information content (AvgIpc) is 2.86. The van der Waals surface area contributed by atoms with Crippen LogP contribution < -0.4 is 0 Å². The number of hydrogen-bond acceptors (Lipinski definition) is 11. The maximum Gasteiger partial charge on any atom is 0.187 e. The van der Waals surface area contributed by atoms with E-state index in [0.717, 1.165) is 0 Å². The molecule has 2 aliphatic rings. The van der Waals surface area contributed by atoms with Crippen LogP contribution in [0.5, 0.6) is 0 Å². The van der Waals surface area contributed by atoms with Crippen LogP contribution in [0.15, 0.2) is 50.6 Å². The first-order chi connectivity index (χ1) is 16.9. The lowest BCUT2D eigenvalue weighted by atomic mass is 9.96. The Bertz CT molecular complexity index is 659. The molecule has 2 aliphatic heterocycles. The van der Waals surface area contributed by atoms with Crippen molar-refractivity contribution in [2.24, 2.45) is 0 Å². The first-order valence-electron chi connectivity index (χ1n) is 11.4. The summed E-state index contributed by atoms with van der Waals surface area (Å²) in [6.07, 6.45) is -5.52. The van der Waals surface area contributed by atoms with E-state index in [2.05, 4.69) is 26.3 Å². The van der Waals surface area contributed by atoms with Gasteiger partial charge >= 0.3 is 0 Å². The zero-order chi connectivity index (χ0) is 25.8. The van der Waals surface area contributed by atoms with E-state index in [9.17, 15) is 20.4 Å². The lowest BCUT2D eigenvalue weighted by Gasteiger charge is -2.48. The van der Waals surface area contributed by atoms with Crippen molar-refractivity contribution in [2.75, 3.05) is 39.6 Å². The maximum atomic E-state index is 10.6. The minimum Gasteiger partial charge on any atom is -0.394 e. The monoisotopic (exact) mass is 502 g/mol. The summed E-state index contributed by atoms with van der Waals surface area (Å²) in [7, 11) is 0. The minimum atomic E-state index is -1.61. The van der Waals surface area contributed by atoms with Crippen molar-refractivity contribution in [2.45, 2.75) is 61.4 Å². The van der Waals surface area contributed by atoms with Crippen molar-refractivity contribution in [3.8, 4) is 0 Å². The molecule has 0 aromatic heterocycles. The fourth-order valence-electron chi connectivity index (χ4n) is 3.80. The van der Waals surface area contributed by atoms with Crippen LogP contribution in [0, 0.1) is 0 Å². The molecule has 35 heavy (non-hydrogen) atoms. The summed E-state index contributed by atoms with van der Waals surface area (Å²) < 4.78 is 40.5. The van der Waals surface area contributed by atoms with E-state index in [1.807, 2.05) is 0 Å². The minimum absolute atomic E-state index is 0.0830. The van der Waals surface area contributed by atoms with Gasteiger partial charge in [-0.05, 0) is 0 Å². The zero-order valence-electron chi connectivity index (χ0n) is 19.8. The second-order valence-electron chi connectivity index (χ2n) is 7.96. The summed E-state index contributed by atoms with van der Waals surface area (Å²) in [6.45, 7) is 14.5. The summed E-state index contributed by atoms with van der Waals surface area (Å²) in [6, 6.07) is 0. The van der Waals surface area contributed by atoms with Gasteiger partial charge in [-0.25, -0.2) is 0 Å². The average molecular weight is 503 g/mol. The third-order valence-electron chi connectivity index (χ3n) is 5.44. The van der Waals surface area contributed by atoms with Crippen LogP contribution in [0.3, 0.4) is 0 Å². The van der Waals surface area contributed by atoms with Gasteiger partial charge in [0.25, 0.3) is 0 Å². The predicted octanol–water partition coefficient (Wildman–Crippen LogP) is -0.556. The molecule has 2 heterocycles. The standard InChI is InChI=1S/C24H38O11/c1-5-9-29-14-16-17(26)18(27)19(28)23(34-16)35-20-15(13-25)33-24(32-12-8-4)22(31-11-7-3)21(20)30-10-6-2/h5-8,15-28H,1-4,9-14H2/t15-,16-,17+,18+,19-,20-,21+,22-,23+,24+/m1/s1. The van der Waals surface area contributed by atoms with Crippen LogP contribution in [0.1, 0.15) is 0 Å². The van der Waals surface area contributed by atoms with Crippen molar-refractivity contribution < 1.29 is 53.6 Å². The molecule has 10 atom stereocenters. The fraction of sp³-hybridized carbons (Fsp3) is 0.667. The highest BCUT2D eigenvalue weighted by atomic mass is 16.8. The normalized spacial score (nSPS) is 37.5. The first-order valence-corrected chi connectivity index (χ1v) is 11.4. The molecule has 2 fully saturated rings. The molecule has 0 aromatic rings. The molecular weight excluding hydrogens is 464 g/mol. The van der Waals surface area contributed by atoms with E-state index < -0.39 is 68.0 Å². The van der Waals surface area contributed by atoms with Gasteiger partial charge < -0.3 is 53.6 Å².